The summed E-state index contributed by atoms with van der Waals surface area (Å²) in [6, 6.07) is 13.5. The number of hydrogen-bond acceptors (Lipinski definition) is 4. The van der Waals surface area contributed by atoms with E-state index in [-0.39, 0.29) is 5.69 Å². The van der Waals surface area contributed by atoms with E-state index in [1.165, 1.54) is 23.5 Å². The zero-order valence-electron chi connectivity index (χ0n) is 12.2. The van der Waals surface area contributed by atoms with Gasteiger partial charge in [-0.3, -0.25) is 4.79 Å². The molecule has 3 aromatic rings. The fourth-order valence-electron chi connectivity index (χ4n) is 2.06. The molecule has 0 aliphatic rings. The molecule has 4 nitrogen and oxygen atoms in total. The standard InChI is InChI=1S/C17H11BrFNO3S/c18-11-5-6-13(12(19)8-11)20-16(21)9-23-17(22)15-7-10-3-1-2-4-14(10)24-15/h1-8H,9H2,(H,20,21). The van der Waals surface area contributed by atoms with Crippen molar-refractivity contribution in [2.45, 2.75) is 0 Å². The Morgan fingerprint density at radius 2 is 1.96 bits per heavy atom. The van der Waals surface area contributed by atoms with E-state index in [9.17, 15) is 14.0 Å². The van der Waals surface area contributed by atoms with E-state index in [1.807, 2.05) is 24.3 Å². The molecule has 122 valence electrons. The van der Waals surface area contributed by atoms with Gasteiger partial charge in [-0.25, -0.2) is 9.18 Å². The molecule has 2 aromatic carbocycles. The van der Waals surface area contributed by atoms with E-state index < -0.39 is 24.3 Å². The minimum absolute atomic E-state index is 0.0288. The number of benzene rings is 2. The molecule has 1 N–H and O–H groups in total. The Morgan fingerprint density at radius 1 is 1.17 bits per heavy atom. The molecule has 0 unspecified atom stereocenters. The smallest absolute Gasteiger partial charge is 0.348 e. The van der Waals surface area contributed by atoms with E-state index >= 15 is 0 Å². The maximum absolute atomic E-state index is 13.6. The number of esters is 1. The number of amides is 1. The Bertz CT molecular complexity index is 892. The number of nitrogens with one attached hydrogen (secondary N) is 1. The summed E-state index contributed by atoms with van der Waals surface area (Å²) >= 11 is 4.43. The van der Waals surface area contributed by atoms with Crippen LogP contribution in [0.25, 0.3) is 10.1 Å². The molecule has 3 rings (SSSR count). The molecule has 1 amide bonds. The second-order valence-electron chi connectivity index (χ2n) is 4.90. The Labute approximate surface area is 149 Å². The van der Waals surface area contributed by atoms with Crippen molar-refractivity contribution in [3.63, 3.8) is 0 Å². The van der Waals surface area contributed by atoms with Gasteiger partial charge in [-0.15, -0.1) is 11.3 Å². The van der Waals surface area contributed by atoms with Crippen LogP contribution in [0.15, 0.2) is 53.0 Å². The average Bonchev–Trinajstić information content (AvgIpc) is 2.99. The molecule has 0 saturated carbocycles. The summed E-state index contributed by atoms with van der Waals surface area (Å²) < 4.78 is 20.2. The average molecular weight is 408 g/mol. The molecular weight excluding hydrogens is 397 g/mol. The van der Waals surface area contributed by atoms with Crippen LogP contribution in [0.4, 0.5) is 10.1 Å². The molecule has 0 aliphatic heterocycles. The predicted molar refractivity (Wildman–Crippen MR) is 94.8 cm³/mol. The topological polar surface area (TPSA) is 55.4 Å². The highest BCUT2D eigenvalue weighted by molar-refractivity contribution is 9.10. The van der Waals surface area contributed by atoms with Crippen molar-refractivity contribution in [3.8, 4) is 0 Å². The first-order valence-corrected chi connectivity index (χ1v) is 8.54. The molecule has 0 fully saturated rings. The monoisotopic (exact) mass is 407 g/mol. The van der Waals surface area contributed by atoms with Crippen LogP contribution in [-0.4, -0.2) is 18.5 Å². The van der Waals surface area contributed by atoms with Gasteiger partial charge in [-0.05, 0) is 35.7 Å². The summed E-state index contributed by atoms with van der Waals surface area (Å²) in [6.45, 7) is -0.484. The van der Waals surface area contributed by atoms with E-state index in [1.54, 1.807) is 12.1 Å². The molecule has 7 heteroatoms. The normalized spacial score (nSPS) is 10.6. The number of carbonyl (C=O) groups is 2. The van der Waals surface area contributed by atoms with Crippen molar-refractivity contribution >= 4 is 54.9 Å². The number of thiophene rings is 1. The van der Waals surface area contributed by atoms with E-state index in [2.05, 4.69) is 21.2 Å². The molecular formula is C17H11BrFNO3S. The van der Waals surface area contributed by atoms with Crippen LogP contribution in [0.3, 0.4) is 0 Å². The van der Waals surface area contributed by atoms with Crippen molar-refractivity contribution in [3.05, 3.63) is 63.7 Å². The van der Waals surface area contributed by atoms with Crippen LogP contribution in [0.5, 0.6) is 0 Å². The van der Waals surface area contributed by atoms with E-state index in [0.717, 1.165) is 10.1 Å². The van der Waals surface area contributed by atoms with Crippen LogP contribution >= 0.6 is 27.3 Å². The fourth-order valence-corrected chi connectivity index (χ4v) is 3.35. The minimum Gasteiger partial charge on any atom is -0.451 e. The highest BCUT2D eigenvalue weighted by atomic mass is 79.9. The van der Waals surface area contributed by atoms with Gasteiger partial charge in [-0.1, -0.05) is 34.1 Å². The molecule has 0 saturated heterocycles. The van der Waals surface area contributed by atoms with Crippen LogP contribution in [0, 0.1) is 5.82 Å². The Balaban J connectivity index is 1.60. The molecule has 1 aromatic heterocycles. The number of hydrogen-bond donors (Lipinski definition) is 1. The first-order valence-electron chi connectivity index (χ1n) is 6.93. The van der Waals surface area contributed by atoms with Gasteiger partial charge in [0.2, 0.25) is 0 Å². The first-order chi connectivity index (χ1) is 11.5. The number of anilines is 1. The number of fused-ring (bicyclic) bond motifs is 1. The maximum atomic E-state index is 13.6. The van der Waals surface area contributed by atoms with Gasteiger partial charge in [0.15, 0.2) is 6.61 Å². The molecule has 24 heavy (non-hydrogen) atoms. The van der Waals surface area contributed by atoms with Crippen LogP contribution in [-0.2, 0) is 9.53 Å². The van der Waals surface area contributed by atoms with Crippen LogP contribution in [0.1, 0.15) is 9.67 Å². The second kappa shape index (κ2) is 7.11. The second-order valence-corrected chi connectivity index (χ2v) is 6.90. The molecule has 0 spiro atoms. The summed E-state index contributed by atoms with van der Waals surface area (Å²) in [5.74, 6) is -1.76. The van der Waals surface area contributed by atoms with Gasteiger partial charge in [-0.2, -0.15) is 0 Å². The summed E-state index contributed by atoms with van der Waals surface area (Å²) in [5, 5.41) is 3.30. The van der Waals surface area contributed by atoms with E-state index in [4.69, 9.17) is 4.74 Å². The van der Waals surface area contributed by atoms with Crippen molar-refractivity contribution in [1.82, 2.24) is 0 Å². The van der Waals surface area contributed by atoms with Crippen molar-refractivity contribution in [1.29, 1.82) is 0 Å². The van der Waals surface area contributed by atoms with Crippen LogP contribution < -0.4 is 5.32 Å². The van der Waals surface area contributed by atoms with Crippen molar-refractivity contribution in [2.24, 2.45) is 0 Å². The number of carbonyl (C=O) groups excluding carboxylic acids is 2. The molecule has 0 aliphatic carbocycles. The lowest BCUT2D eigenvalue weighted by molar-refractivity contribution is -0.119. The minimum atomic E-state index is -0.606. The first kappa shape index (κ1) is 16.6. The summed E-state index contributed by atoms with van der Waals surface area (Å²) in [6.07, 6.45) is 0. The van der Waals surface area contributed by atoms with Crippen LogP contribution in [0.2, 0.25) is 0 Å². The highest BCUT2D eigenvalue weighted by Crippen LogP contribution is 2.25. The number of ether oxygens (including phenoxy) is 1. The number of halogens is 2. The van der Waals surface area contributed by atoms with Gasteiger partial charge in [0.25, 0.3) is 5.91 Å². The Kier molecular flexibility index (Phi) is 4.92. The van der Waals surface area contributed by atoms with Gasteiger partial charge in [0.1, 0.15) is 10.7 Å². The Morgan fingerprint density at radius 3 is 2.71 bits per heavy atom. The SMILES string of the molecule is O=C(COC(=O)c1cc2ccccc2s1)Nc1ccc(Br)cc1F. The number of rotatable bonds is 4. The van der Waals surface area contributed by atoms with Gasteiger partial charge in [0, 0.05) is 9.17 Å². The third kappa shape index (κ3) is 3.80. The lowest BCUT2D eigenvalue weighted by atomic mass is 10.2. The maximum Gasteiger partial charge on any atom is 0.348 e. The quantitative estimate of drug-likeness (QED) is 0.643. The molecule has 1 heterocycles. The molecule has 0 bridgehead atoms. The van der Waals surface area contributed by atoms with Gasteiger partial charge in [0.05, 0.1) is 5.69 Å². The van der Waals surface area contributed by atoms with Crippen molar-refractivity contribution < 1.29 is 18.7 Å². The van der Waals surface area contributed by atoms with Gasteiger partial charge < -0.3 is 10.1 Å². The molecule has 0 atom stereocenters. The summed E-state index contributed by atoms with van der Waals surface area (Å²) in [4.78, 5) is 24.2. The zero-order chi connectivity index (χ0) is 17.1. The van der Waals surface area contributed by atoms with Crippen molar-refractivity contribution in [2.75, 3.05) is 11.9 Å². The third-order valence-corrected chi connectivity index (χ3v) is 4.76. The summed E-state index contributed by atoms with van der Waals surface area (Å²) in [7, 11) is 0. The lowest BCUT2D eigenvalue weighted by Crippen LogP contribution is -2.21. The highest BCUT2D eigenvalue weighted by Gasteiger charge is 2.14. The predicted octanol–water partition coefficient (Wildman–Crippen LogP) is 4.60. The largest absolute Gasteiger partial charge is 0.451 e. The molecule has 0 radical (unpaired) electrons. The lowest BCUT2D eigenvalue weighted by Gasteiger charge is -2.07. The fraction of sp³-hybridized carbons (Fsp3) is 0.0588. The third-order valence-electron chi connectivity index (χ3n) is 3.17. The Hall–Kier alpha value is -2.25. The van der Waals surface area contributed by atoms with E-state index in [0.29, 0.717) is 9.35 Å². The zero-order valence-corrected chi connectivity index (χ0v) is 14.6. The summed E-state index contributed by atoms with van der Waals surface area (Å²) in [5.41, 5.74) is 0.0288. The van der Waals surface area contributed by atoms with Gasteiger partial charge >= 0.3 is 5.97 Å².